The minimum atomic E-state index is -0.517. The van der Waals surface area contributed by atoms with E-state index in [0.717, 1.165) is 35.1 Å². The first-order valence-electron chi connectivity index (χ1n) is 7.05. The van der Waals surface area contributed by atoms with Crippen molar-refractivity contribution in [1.82, 2.24) is 4.98 Å². The van der Waals surface area contributed by atoms with Crippen molar-refractivity contribution >= 4 is 28.6 Å². The lowest BCUT2D eigenvalue weighted by Gasteiger charge is -2.38. The average Bonchev–Trinajstić information content (AvgIpc) is 2.43. The zero-order valence-electron chi connectivity index (χ0n) is 11.8. The number of halogens is 1. The number of hydrogen-bond acceptors (Lipinski definition) is 4. The fourth-order valence-corrected chi connectivity index (χ4v) is 3.96. The first-order valence-corrected chi connectivity index (χ1v) is 7.87. The lowest BCUT2D eigenvalue weighted by molar-refractivity contribution is -0.148. The van der Waals surface area contributed by atoms with Gasteiger partial charge in [-0.1, -0.05) is 0 Å². The van der Waals surface area contributed by atoms with Crippen LogP contribution >= 0.6 is 11.8 Å². The zero-order chi connectivity index (χ0) is 14.9. The molecule has 0 aliphatic heterocycles. The van der Waals surface area contributed by atoms with Crippen molar-refractivity contribution in [3.63, 3.8) is 0 Å². The van der Waals surface area contributed by atoms with Gasteiger partial charge in [0.2, 0.25) is 0 Å². The molecule has 0 bridgehead atoms. The highest BCUT2D eigenvalue weighted by Gasteiger charge is 2.46. The number of carbonyl (C=O) groups is 1. The van der Waals surface area contributed by atoms with E-state index in [1.54, 1.807) is 12.3 Å². The molecule has 1 heterocycles. The molecule has 0 radical (unpaired) electrons. The Morgan fingerprint density at radius 1 is 1.43 bits per heavy atom. The van der Waals surface area contributed by atoms with E-state index in [1.165, 1.54) is 23.9 Å². The van der Waals surface area contributed by atoms with E-state index < -0.39 is 4.75 Å². The Labute approximate surface area is 126 Å². The van der Waals surface area contributed by atoms with Crippen molar-refractivity contribution in [2.45, 2.75) is 35.8 Å². The summed E-state index contributed by atoms with van der Waals surface area (Å²) in [5, 5.41) is 0.748. The Morgan fingerprint density at radius 2 is 2.24 bits per heavy atom. The van der Waals surface area contributed by atoms with Crippen molar-refractivity contribution in [3.8, 4) is 0 Å². The second-order valence-electron chi connectivity index (χ2n) is 5.14. The molecule has 3 nitrogen and oxygen atoms in total. The van der Waals surface area contributed by atoms with E-state index in [0.29, 0.717) is 6.61 Å². The summed E-state index contributed by atoms with van der Waals surface area (Å²) in [7, 11) is 0. The largest absolute Gasteiger partial charge is 0.465 e. The molecule has 1 aromatic carbocycles. The lowest BCUT2D eigenvalue weighted by atomic mass is 9.84. The van der Waals surface area contributed by atoms with Gasteiger partial charge in [-0.05, 0) is 50.5 Å². The molecule has 2 aromatic rings. The van der Waals surface area contributed by atoms with Crippen molar-refractivity contribution in [2.75, 3.05) is 6.61 Å². The summed E-state index contributed by atoms with van der Waals surface area (Å²) >= 11 is 1.48. The number of pyridine rings is 1. The Bertz CT molecular complexity index is 685. The Balaban J connectivity index is 1.97. The molecule has 0 unspecified atom stereocenters. The molecular formula is C16H16FNO2S. The van der Waals surface area contributed by atoms with Gasteiger partial charge in [0.05, 0.1) is 12.1 Å². The van der Waals surface area contributed by atoms with Crippen LogP contribution in [0.1, 0.15) is 26.2 Å². The predicted molar refractivity (Wildman–Crippen MR) is 80.8 cm³/mol. The molecular weight excluding hydrogens is 289 g/mol. The molecule has 1 aromatic heterocycles. The van der Waals surface area contributed by atoms with Gasteiger partial charge in [0.15, 0.2) is 0 Å². The first kappa shape index (κ1) is 14.3. The Morgan fingerprint density at radius 3 is 2.90 bits per heavy atom. The number of nitrogens with zero attached hydrogens (tertiary/aromatic N) is 1. The highest BCUT2D eigenvalue weighted by molar-refractivity contribution is 8.01. The standard InChI is InChI=1S/C16H16FNO2S/c1-2-20-15(19)16(7-3-8-16)21-14-6-9-18-13-5-4-11(17)10-12(13)14/h4-6,9-10H,2-3,7-8H2,1H3/i15+0. The Kier molecular flexibility index (Phi) is 3.85. The molecule has 0 amide bonds. The summed E-state index contributed by atoms with van der Waals surface area (Å²) in [6, 6.07) is 6.37. The molecule has 0 atom stereocenters. The van der Waals surface area contributed by atoms with Gasteiger partial charge in [-0.15, -0.1) is 11.8 Å². The molecule has 110 valence electrons. The van der Waals surface area contributed by atoms with E-state index in [-0.39, 0.29) is 11.8 Å². The van der Waals surface area contributed by atoms with E-state index in [2.05, 4.69) is 4.98 Å². The summed E-state index contributed by atoms with van der Waals surface area (Å²) in [5.74, 6) is -0.459. The Hall–Kier alpha value is -1.62. The van der Waals surface area contributed by atoms with E-state index in [1.807, 2.05) is 13.0 Å². The van der Waals surface area contributed by atoms with Crippen LogP contribution in [0.2, 0.25) is 0 Å². The second kappa shape index (κ2) is 5.64. The SMILES string of the molecule is CCO[12C](=O)C1(Sc2ccnc3ccc(F)cc23)CCC1. The van der Waals surface area contributed by atoms with Gasteiger partial charge in [0.25, 0.3) is 0 Å². The minimum Gasteiger partial charge on any atom is -0.465 e. The van der Waals surface area contributed by atoms with Gasteiger partial charge in [0, 0.05) is 16.5 Å². The van der Waals surface area contributed by atoms with Gasteiger partial charge < -0.3 is 4.74 Å². The molecule has 0 saturated heterocycles. The number of rotatable bonds is 4. The fourth-order valence-electron chi connectivity index (χ4n) is 2.50. The zero-order valence-corrected chi connectivity index (χ0v) is 12.6. The number of fused-ring (bicyclic) bond motifs is 1. The van der Waals surface area contributed by atoms with Gasteiger partial charge in [-0.3, -0.25) is 9.78 Å². The van der Waals surface area contributed by atoms with E-state index >= 15 is 0 Å². The van der Waals surface area contributed by atoms with Gasteiger partial charge in [-0.25, -0.2) is 4.39 Å². The van der Waals surface area contributed by atoms with Crippen LogP contribution in [0.4, 0.5) is 4.39 Å². The third-order valence-corrected chi connectivity index (χ3v) is 5.32. The lowest BCUT2D eigenvalue weighted by Crippen LogP contribution is -2.43. The van der Waals surface area contributed by atoms with Crippen LogP contribution in [-0.4, -0.2) is 22.3 Å². The number of benzene rings is 1. The van der Waals surface area contributed by atoms with Crippen LogP contribution in [0.25, 0.3) is 10.9 Å². The van der Waals surface area contributed by atoms with Crippen LogP contribution in [0.15, 0.2) is 35.4 Å². The van der Waals surface area contributed by atoms with Gasteiger partial charge >= 0.3 is 5.97 Å². The monoisotopic (exact) mass is 305 g/mol. The van der Waals surface area contributed by atoms with Gasteiger partial charge in [0.1, 0.15) is 10.6 Å². The first-order chi connectivity index (χ1) is 10.1. The molecule has 3 rings (SSSR count). The molecule has 1 saturated carbocycles. The van der Waals surface area contributed by atoms with Crippen LogP contribution in [0.5, 0.6) is 0 Å². The maximum Gasteiger partial charge on any atom is 0.322 e. The quantitative estimate of drug-likeness (QED) is 0.802. The molecule has 5 heteroatoms. The van der Waals surface area contributed by atoms with Crippen molar-refractivity contribution < 1.29 is 13.9 Å². The average molecular weight is 305 g/mol. The van der Waals surface area contributed by atoms with Gasteiger partial charge in [-0.2, -0.15) is 0 Å². The molecule has 1 aliphatic carbocycles. The second-order valence-corrected chi connectivity index (χ2v) is 6.57. The molecule has 1 fully saturated rings. The van der Waals surface area contributed by atoms with Crippen LogP contribution < -0.4 is 0 Å². The minimum absolute atomic E-state index is 0.164. The number of hydrogen-bond donors (Lipinski definition) is 0. The summed E-state index contributed by atoms with van der Waals surface area (Å²) in [5.41, 5.74) is 0.736. The van der Waals surface area contributed by atoms with E-state index in [9.17, 15) is 9.18 Å². The molecule has 0 N–H and O–H groups in total. The van der Waals surface area contributed by atoms with Crippen molar-refractivity contribution in [1.29, 1.82) is 0 Å². The predicted octanol–water partition coefficient (Wildman–Crippen LogP) is 3.95. The third-order valence-electron chi connectivity index (χ3n) is 3.78. The number of carbonyl (C=O) groups excluding carboxylic acids is 1. The van der Waals surface area contributed by atoms with Crippen LogP contribution in [0.3, 0.4) is 0 Å². The highest BCUT2D eigenvalue weighted by Crippen LogP contribution is 2.49. The summed E-state index contributed by atoms with van der Waals surface area (Å²) in [6.07, 6.45) is 4.31. The number of thioether (sulfide) groups is 1. The number of ether oxygens (including phenoxy) is 1. The topological polar surface area (TPSA) is 39.2 Å². The smallest absolute Gasteiger partial charge is 0.322 e. The normalized spacial score (nSPS) is 16.5. The fraction of sp³-hybridized carbons (Fsp3) is 0.375. The maximum absolute atomic E-state index is 13.5. The van der Waals surface area contributed by atoms with Crippen LogP contribution in [-0.2, 0) is 9.53 Å². The third kappa shape index (κ3) is 2.62. The highest BCUT2D eigenvalue weighted by atomic mass is 32.2. The summed E-state index contributed by atoms with van der Waals surface area (Å²) < 4.78 is 18.2. The maximum atomic E-state index is 13.5. The van der Waals surface area contributed by atoms with Crippen LogP contribution in [0, 0.1) is 5.82 Å². The molecule has 1 aliphatic rings. The van der Waals surface area contributed by atoms with E-state index in [4.69, 9.17) is 4.74 Å². The number of aromatic nitrogens is 1. The summed E-state index contributed by atoms with van der Waals surface area (Å²) in [6.45, 7) is 2.19. The van der Waals surface area contributed by atoms with Crippen molar-refractivity contribution in [2.24, 2.45) is 0 Å². The number of esters is 1. The molecule has 0 spiro atoms. The van der Waals surface area contributed by atoms with Crippen molar-refractivity contribution in [3.05, 3.63) is 36.3 Å². The summed E-state index contributed by atoms with van der Waals surface area (Å²) in [4.78, 5) is 17.3. The molecule has 21 heavy (non-hydrogen) atoms.